The molecule has 1 amide bonds. The molecule has 2 aromatic carbocycles. The van der Waals surface area contributed by atoms with Crippen LogP contribution in [0.2, 0.25) is 0 Å². The number of Topliss-reactive ketones (excluding diaryl/α,β-unsaturated/α-hetero) is 1. The Bertz CT molecular complexity index is 1030. The van der Waals surface area contributed by atoms with Crippen molar-refractivity contribution in [1.29, 1.82) is 0 Å². The number of benzene rings is 2. The van der Waals surface area contributed by atoms with E-state index in [4.69, 9.17) is 4.74 Å². The van der Waals surface area contributed by atoms with Gasteiger partial charge in [0.15, 0.2) is 11.9 Å². The van der Waals surface area contributed by atoms with Gasteiger partial charge < -0.3 is 10.1 Å². The van der Waals surface area contributed by atoms with E-state index < -0.39 is 18.0 Å². The molecule has 1 aromatic heterocycles. The van der Waals surface area contributed by atoms with Crippen LogP contribution in [0.1, 0.15) is 34.7 Å². The van der Waals surface area contributed by atoms with Gasteiger partial charge in [-0.25, -0.2) is 9.78 Å². The number of carbonyl (C=O) groups excluding carboxylic acids is 3. The van der Waals surface area contributed by atoms with Crippen LogP contribution >= 0.6 is 0 Å². The Morgan fingerprint density at radius 3 is 2.44 bits per heavy atom. The number of ketones is 1. The number of nitrogens with zero attached hydrogens (tertiary/aromatic N) is 1. The number of amides is 1. The van der Waals surface area contributed by atoms with Gasteiger partial charge >= 0.3 is 5.97 Å². The van der Waals surface area contributed by atoms with Crippen molar-refractivity contribution in [3.05, 3.63) is 71.9 Å². The summed E-state index contributed by atoms with van der Waals surface area (Å²) in [5.41, 5.74) is 1.55. The fourth-order valence-electron chi connectivity index (χ4n) is 2.59. The monoisotopic (exact) mass is 362 g/mol. The first-order valence-electron chi connectivity index (χ1n) is 8.43. The molecular weight excluding hydrogens is 344 g/mol. The summed E-state index contributed by atoms with van der Waals surface area (Å²) in [6, 6.07) is 17.4. The maximum Gasteiger partial charge on any atom is 0.357 e. The fraction of sp³-hybridized carbons (Fsp3) is 0.143. The highest BCUT2D eigenvalue weighted by molar-refractivity contribution is 6.05. The molecule has 0 aliphatic carbocycles. The standard InChI is InChI=1S/C21H18N2O4/c1-13(24)16-8-4-6-10-18(16)23-20(25)14(2)27-21(26)19-12-11-15-7-3-5-9-17(15)22-19/h3-12,14H,1-2H3,(H,23,25). The number of rotatable bonds is 5. The van der Waals surface area contributed by atoms with Crippen LogP contribution in [0.25, 0.3) is 10.9 Å². The number of ether oxygens (including phenoxy) is 1. The number of fused-ring (bicyclic) bond motifs is 1. The van der Waals surface area contributed by atoms with Gasteiger partial charge in [-0.2, -0.15) is 0 Å². The number of para-hydroxylation sites is 2. The van der Waals surface area contributed by atoms with Gasteiger partial charge in [-0.05, 0) is 38.1 Å². The van der Waals surface area contributed by atoms with Gasteiger partial charge in [0.2, 0.25) is 0 Å². The molecule has 1 heterocycles. The van der Waals surface area contributed by atoms with Crippen LogP contribution in [0.15, 0.2) is 60.7 Å². The van der Waals surface area contributed by atoms with Gasteiger partial charge in [0.1, 0.15) is 5.69 Å². The number of aromatic nitrogens is 1. The normalized spacial score (nSPS) is 11.6. The lowest BCUT2D eigenvalue weighted by Gasteiger charge is -2.15. The largest absolute Gasteiger partial charge is 0.448 e. The number of anilines is 1. The third kappa shape index (κ3) is 4.17. The number of hydrogen-bond donors (Lipinski definition) is 1. The molecule has 0 bridgehead atoms. The second-order valence-electron chi connectivity index (χ2n) is 6.03. The Kier molecular flexibility index (Phi) is 5.26. The molecule has 27 heavy (non-hydrogen) atoms. The van der Waals surface area contributed by atoms with Crippen molar-refractivity contribution in [2.24, 2.45) is 0 Å². The third-order valence-corrected chi connectivity index (χ3v) is 4.02. The second-order valence-corrected chi connectivity index (χ2v) is 6.03. The smallest absolute Gasteiger partial charge is 0.357 e. The molecule has 1 N–H and O–H groups in total. The number of nitrogens with one attached hydrogen (secondary N) is 1. The number of carbonyl (C=O) groups is 3. The van der Waals surface area contributed by atoms with Crippen molar-refractivity contribution >= 4 is 34.3 Å². The van der Waals surface area contributed by atoms with Crippen LogP contribution in [-0.2, 0) is 9.53 Å². The third-order valence-electron chi connectivity index (χ3n) is 4.02. The maximum absolute atomic E-state index is 12.3. The molecule has 3 aromatic rings. The molecule has 1 atom stereocenters. The van der Waals surface area contributed by atoms with Crippen LogP contribution in [0.3, 0.4) is 0 Å². The van der Waals surface area contributed by atoms with Gasteiger partial charge in [0, 0.05) is 10.9 Å². The highest BCUT2D eigenvalue weighted by Gasteiger charge is 2.21. The molecule has 0 spiro atoms. The minimum atomic E-state index is -1.05. The van der Waals surface area contributed by atoms with Gasteiger partial charge in [-0.15, -0.1) is 0 Å². The summed E-state index contributed by atoms with van der Waals surface area (Å²) in [5.74, 6) is -1.39. The zero-order valence-electron chi connectivity index (χ0n) is 14.9. The fourth-order valence-corrected chi connectivity index (χ4v) is 2.59. The van der Waals surface area contributed by atoms with E-state index in [1.54, 1.807) is 42.5 Å². The van der Waals surface area contributed by atoms with E-state index in [2.05, 4.69) is 10.3 Å². The summed E-state index contributed by atoms with van der Waals surface area (Å²) in [6.07, 6.45) is -1.05. The Balaban J connectivity index is 1.70. The van der Waals surface area contributed by atoms with E-state index in [0.717, 1.165) is 5.39 Å². The quantitative estimate of drug-likeness (QED) is 0.553. The Morgan fingerprint density at radius 1 is 0.963 bits per heavy atom. The lowest BCUT2D eigenvalue weighted by atomic mass is 10.1. The highest BCUT2D eigenvalue weighted by atomic mass is 16.5. The number of hydrogen-bond acceptors (Lipinski definition) is 5. The zero-order valence-corrected chi connectivity index (χ0v) is 14.9. The molecule has 0 fully saturated rings. The van der Waals surface area contributed by atoms with E-state index in [0.29, 0.717) is 16.8 Å². The minimum Gasteiger partial charge on any atom is -0.448 e. The second kappa shape index (κ2) is 7.78. The summed E-state index contributed by atoms with van der Waals surface area (Å²) in [5, 5.41) is 3.52. The molecule has 6 heteroatoms. The molecule has 0 aliphatic rings. The molecule has 6 nitrogen and oxygen atoms in total. The van der Waals surface area contributed by atoms with Crippen molar-refractivity contribution in [1.82, 2.24) is 4.98 Å². The number of pyridine rings is 1. The molecular formula is C21H18N2O4. The predicted octanol–water partition coefficient (Wildman–Crippen LogP) is 3.62. The SMILES string of the molecule is CC(=O)c1ccccc1NC(=O)C(C)OC(=O)c1ccc2ccccc2n1. The van der Waals surface area contributed by atoms with Crippen molar-refractivity contribution in [2.75, 3.05) is 5.32 Å². The van der Waals surface area contributed by atoms with Crippen LogP contribution in [-0.4, -0.2) is 28.7 Å². The lowest BCUT2D eigenvalue weighted by molar-refractivity contribution is -0.123. The van der Waals surface area contributed by atoms with E-state index in [9.17, 15) is 14.4 Å². The first-order chi connectivity index (χ1) is 13.0. The molecule has 0 aliphatic heterocycles. The van der Waals surface area contributed by atoms with Crippen molar-refractivity contribution in [2.45, 2.75) is 20.0 Å². The Hall–Kier alpha value is -3.54. The van der Waals surface area contributed by atoms with E-state index in [1.165, 1.54) is 13.8 Å². The Labute approximate surface area is 156 Å². The van der Waals surface area contributed by atoms with Crippen LogP contribution in [0.5, 0.6) is 0 Å². The summed E-state index contributed by atoms with van der Waals surface area (Å²) in [6.45, 7) is 2.88. The minimum absolute atomic E-state index is 0.123. The van der Waals surface area contributed by atoms with Crippen LogP contribution < -0.4 is 5.32 Å². The molecule has 1 unspecified atom stereocenters. The predicted molar refractivity (Wildman–Crippen MR) is 102 cm³/mol. The zero-order chi connectivity index (χ0) is 19.4. The summed E-state index contributed by atoms with van der Waals surface area (Å²) in [7, 11) is 0. The summed E-state index contributed by atoms with van der Waals surface area (Å²) < 4.78 is 5.22. The maximum atomic E-state index is 12.3. The first-order valence-corrected chi connectivity index (χ1v) is 8.43. The average molecular weight is 362 g/mol. The lowest BCUT2D eigenvalue weighted by Crippen LogP contribution is -2.30. The molecule has 0 saturated carbocycles. The van der Waals surface area contributed by atoms with E-state index in [-0.39, 0.29) is 11.5 Å². The molecule has 3 rings (SSSR count). The molecule has 0 radical (unpaired) electrons. The van der Waals surface area contributed by atoms with Crippen LogP contribution in [0, 0.1) is 0 Å². The van der Waals surface area contributed by atoms with Gasteiger partial charge in [0.25, 0.3) is 5.91 Å². The average Bonchev–Trinajstić information content (AvgIpc) is 2.67. The molecule has 0 saturated heterocycles. The Morgan fingerprint density at radius 2 is 1.67 bits per heavy atom. The first kappa shape index (κ1) is 18.3. The van der Waals surface area contributed by atoms with Crippen molar-refractivity contribution in [3.63, 3.8) is 0 Å². The number of esters is 1. The topological polar surface area (TPSA) is 85.4 Å². The van der Waals surface area contributed by atoms with Gasteiger partial charge in [0.05, 0.1) is 11.2 Å². The van der Waals surface area contributed by atoms with E-state index >= 15 is 0 Å². The summed E-state index contributed by atoms with van der Waals surface area (Å²) in [4.78, 5) is 40.6. The van der Waals surface area contributed by atoms with Crippen molar-refractivity contribution in [3.8, 4) is 0 Å². The van der Waals surface area contributed by atoms with Gasteiger partial charge in [-0.3, -0.25) is 9.59 Å². The highest BCUT2D eigenvalue weighted by Crippen LogP contribution is 2.17. The van der Waals surface area contributed by atoms with Crippen LogP contribution in [0.4, 0.5) is 5.69 Å². The molecule has 136 valence electrons. The summed E-state index contributed by atoms with van der Waals surface area (Å²) >= 11 is 0. The van der Waals surface area contributed by atoms with E-state index in [1.807, 2.05) is 18.2 Å². The van der Waals surface area contributed by atoms with Gasteiger partial charge in [-0.1, -0.05) is 36.4 Å². The van der Waals surface area contributed by atoms with Crippen molar-refractivity contribution < 1.29 is 19.1 Å².